The van der Waals surface area contributed by atoms with E-state index in [0.717, 1.165) is 23.8 Å². The molecule has 6 heteroatoms. The van der Waals surface area contributed by atoms with Gasteiger partial charge in [0, 0.05) is 6.54 Å². The highest BCUT2D eigenvalue weighted by molar-refractivity contribution is 7.74. The maximum absolute atomic E-state index is 12.9. The molecule has 11 atom stereocenters. The number of carbonyl (C=O) groups is 1. The number of amides is 2. The fourth-order valence-electron chi connectivity index (χ4n) is 12.0. The molecule has 0 bridgehead atoms. The summed E-state index contributed by atoms with van der Waals surface area (Å²) in [6.07, 6.45) is 14.2. The van der Waals surface area contributed by atoms with Gasteiger partial charge >= 0.3 is 6.03 Å². The maximum Gasteiger partial charge on any atom is 0.326 e. The summed E-state index contributed by atoms with van der Waals surface area (Å²) in [5.41, 5.74) is 1.63. The molecule has 0 unspecified atom stereocenters. The van der Waals surface area contributed by atoms with E-state index in [9.17, 15) is 14.1 Å². The zero-order valence-electron chi connectivity index (χ0n) is 29.7. The van der Waals surface area contributed by atoms with Gasteiger partial charge in [0.15, 0.2) is 0 Å². The first kappa shape index (κ1) is 34.1. The summed E-state index contributed by atoms with van der Waals surface area (Å²) in [5, 5.41) is 20.6. The van der Waals surface area contributed by atoms with Crippen molar-refractivity contribution in [3.05, 3.63) is 29.8 Å². The van der Waals surface area contributed by atoms with Crippen LogP contribution in [0.2, 0.25) is 0 Å². The van der Waals surface area contributed by atoms with Crippen LogP contribution < -0.4 is 10.6 Å². The Labute approximate surface area is 281 Å². The molecule has 0 radical (unpaired) electrons. The third kappa shape index (κ3) is 6.02. The van der Waals surface area contributed by atoms with E-state index in [-0.39, 0.29) is 23.0 Å². The molecule has 0 saturated heterocycles. The first-order chi connectivity index (χ1) is 21.8. The van der Waals surface area contributed by atoms with Crippen molar-refractivity contribution in [3.63, 3.8) is 0 Å². The zero-order chi connectivity index (χ0) is 33.0. The quantitative estimate of drug-likeness (QED) is 0.279. The van der Waals surface area contributed by atoms with Crippen LogP contribution in [0.3, 0.4) is 0 Å². The fourth-order valence-corrected chi connectivity index (χ4v) is 12.7. The number of nitrogens with one attached hydrogen (secondary N) is 2. The number of urea groups is 1. The van der Waals surface area contributed by atoms with E-state index in [2.05, 4.69) is 64.4 Å². The Morgan fingerprint density at radius 2 is 1.74 bits per heavy atom. The van der Waals surface area contributed by atoms with E-state index in [1.54, 1.807) is 0 Å². The summed E-state index contributed by atoms with van der Waals surface area (Å²) in [6, 6.07) is 7.36. The molecule has 5 aliphatic carbocycles. The van der Waals surface area contributed by atoms with Gasteiger partial charge in [0.1, 0.15) is 0 Å². The van der Waals surface area contributed by atoms with Gasteiger partial charge in [-0.3, -0.25) is 5.32 Å². The minimum atomic E-state index is -1.54. The van der Waals surface area contributed by atoms with Gasteiger partial charge < -0.3 is 10.4 Å². The Balaban J connectivity index is 1.10. The first-order valence-electron chi connectivity index (χ1n) is 18.8. The average Bonchev–Trinajstić information content (AvgIpc) is 3.35. The van der Waals surface area contributed by atoms with Crippen LogP contribution >= 0.6 is 0 Å². The van der Waals surface area contributed by atoms with Crippen LogP contribution in [0.1, 0.15) is 125 Å². The number of carbonyl (C=O) groups excluding carboxylic acids is 1. The van der Waals surface area contributed by atoms with Crippen LogP contribution in [0.25, 0.3) is 0 Å². The molecule has 5 aliphatic rings. The molecule has 3 N–H and O–H groups in total. The van der Waals surface area contributed by atoms with E-state index < -0.39 is 10.2 Å². The van der Waals surface area contributed by atoms with Gasteiger partial charge in [-0.25, -0.2) is 9.00 Å². The van der Waals surface area contributed by atoms with E-state index in [1.165, 1.54) is 64.2 Å². The van der Waals surface area contributed by atoms with Gasteiger partial charge in [-0.1, -0.05) is 86.3 Å². The minimum absolute atomic E-state index is 0.0436. The number of hydrogen-bond acceptors (Lipinski definition) is 3. The normalized spacial score (nSPS) is 39.6. The molecule has 2 amide bonds. The summed E-state index contributed by atoms with van der Waals surface area (Å²) in [7, 11) is -1.54. The number of aliphatic hydroxyl groups excluding tert-OH is 1. The zero-order valence-corrected chi connectivity index (χ0v) is 30.6. The monoisotopic (exact) mass is 650 g/mol. The Hall–Kier alpha value is -1.75. The van der Waals surface area contributed by atoms with Gasteiger partial charge in [0.05, 0.1) is 26.5 Å². The molecule has 256 valence electrons. The van der Waals surface area contributed by atoms with Gasteiger partial charge in [0.2, 0.25) is 0 Å². The van der Waals surface area contributed by atoms with Crippen molar-refractivity contribution in [3.8, 4) is 5.31 Å². The number of hydrogen-bond donors (Lipinski definition) is 3. The molecule has 0 aromatic heterocycles. The van der Waals surface area contributed by atoms with Crippen molar-refractivity contribution in [1.29, 1.82) is 0 Å². The molecular weight excluding hydrogens is 589 g/mol. The predicted octanol–water partition coefficient (Wildman–Crippen LogP) is 8.63. The van der Waals surface area contributed by atoms with Gasteiger partial charge in [-0.05, 0) is 132 Å². The molecule has 5 saturated carbocycles. The third-order valence-corrected chi connectivity index (χ3v) is 15.8. The van der Waals surface area contributed by atoms with Crippen LogP contribution in [0, 0.1) is 69.4 Å². The predicted molar refractivity (Wildman–Crippen MR) is 188 cm³/mol. The van der Waals surface area contributed by atoms with Crippen LogP contribution in [0.5, 0.6) is 0 Å². The third-order valence-electron chi connectivity index (χ3n) is 14.8. The van der Waals surface area contributed by atoms with Crippen LogP contribution in [0.4, 0.5) is 4.79 Å². The largest absolute Gasteiger partial charge is 0.393 e. The molecule has 1 aromatic carbocycles. The van der Waals surface area contributed by atoms with Gasteiger partial charge in [0.25, 0.3) is 0 Å². The second-order valence-electron chi connectivity index (χ2n) is 17.9. The van der Waals surface area contributed by atoms with Crippen LogP contribution in [-0.2, 0) is 15.6 Å². The lowest BCUT2D eigenvalue weighted by Gasteiger charge is -2.65. The molecule has 46 heavy (non-hydrogen) atoms. The highest BCUT2D eigenvalue weighted by Gasteiger charge is 2.65. The summed E-state index contributed by atoms with van der Waals surface area (Å²) in [6.45, 7) is 16.8. The Morgan fingerprint density at radius 3 is 2.41 bits per heavy atom. The van der Waals surface area contributed by atoms with Crippen molar-refractivity contribution >= 4 is 16.2 Å². The molecular formula is C40H62N2O3S. The lowest BCUT2D eigenvalue weighted by molar-refractivity contribution is -0.202. The standard InChI is InChI=1S/C40H62N2O3S/c1-8-30-34-21-27(26-11-9-12-26)17-19-40(34,7)33-18-20-39(6)31(15-16-32(39)35(33)36(30)43)25(2)23-41-37(44)42-24-46(45)29-14-10-13-28(22-29)38(3,4)5/h10,13-14,22,25-27,30-36,43H,8-9,11-12,15-21,23H2,1-7H3,(H2,41,42,44)/t25-,27-,30-,31-,32+,33+,34+,35+,36-,39-,40-/m1/s1. The molecule has 0 heterocycles. The Morgan fingerprint density at radius 1 is 1.02 bits per heavy atom. The van der Waals surface area contributed by atoms with Crippen LogP contribution in [-0.4, -0.2) is 28.0 Å². The summed E-state index contributed by atoms with van der Waals surface area (Å²) < 4.78 is 12.9. The smallest absolute Gasteiger partial charge is 0.326 e. The van der Waals surface area contributed by atoms with Crippen molar-refractivity contribution in [2.24, 2.45) is 64.1 Å². The SMILES string of the molecule is CC[C@H]1[C@@H](O)[C@@H]2[C@H](CC[C@]3(C)[C@@H]([C@H](C)CNC(=O)NC#S(=O)c4cccc(C(C)(C)C)c4)CC[C@@H]23)[C@@]2(C)CC[C@@H](C3CCC3)C[C@@H]12. The van der Waals surface area contributed by atoms with Crippen molar-refractivity contribution in [2.75, 3.05) is 6.54 Å². The van der Waals surface area contributed by atoms with Crippen molar-refractivity contribution in [2.45, 2.75) is 136 Å². The van der Waals surface area contributed by atoms with Gasteiger partial charge in [-0.15, -0.1) is 0 Å². The lowest BCUT2D eigenvalue weighted by atomic mass is 9.40. The number of fused-ring (bicyclic) bond motifs is 5. The highest BCUT2D eigenvalue weighted by Crippen LogP contribution is 2.70. The Bertz CT molecular complexity index is 1420. The van der Waals surface area contributed by atoms with E-state index in [0.29, 0.717) is 58.3 Å². The summed E-state index contributed by atoms with van der Waals surface area (Å²) >= 11 is 0. The maximum atomic E-state index is 12.9. The van der Waals surface area contributed by atoms with E-state index in [4.69, 9.17) is 0 Å². The first-order valence-corrected chi connectivity index (χ1v) is 19.9. The number of rotatable bonds is 5. The number of benzene rings is 1. The van der Waals surface area contributed by atoms with Crippen LogP contribution in [0.15, 0.2) is 29.2 Å². The second kappa shape index (κ2) is 12.9. The Kier molecular flexibility index (Phi) is 9.60. The molecule has 0 spiro atoms. The molecule has 5 nitrogen and oxygen atoms in total. The molecule has 5 fully saturated rings. The highest BCUT2D eigenvalue weighted by atomic mass is 32.2. The van der Waals surface area contributed by atoms with Crippen molar-refractivity contribution in [1.82, 2.24) is 10.6 Å². The second-order valence-corrected chi connectivity index (χ2v) is 19.1. The minimum Gasteiger partial charge on any atom is -0.393 e. The topological polar surface area (TPSA) is 78.4 Å². The summed E-state index contributed by atoms with van der Waals surface area (Å²) in [4.78, 5) is 13.4. The van der Waals surface area contributed by atoms with Gasteiger partial charge in [-0.2, -0.15) is 0 Å². The lowest BCUT2D eigenvalue weighted by Crippen LogP contribution is -2.62. The summed E-state index contributed by atoms with van der Waals surface area (Å²) in [5.74, 6) is 5.45. The molecule has 0 aliphatic heterocycles. The van der Waals surface area contributed by atoms with Crippen molar-refractivity contribution < 1.29 is 14.1 Å². The fraction of sp³-hybridized carbons (Fsp3) is 0.800. The average molecular weight is 651 g/mol. The molecule has 1 aromatic rings. The van der Waals surface area contributed by atoms with E-state index >= 15 is 0 Å². The number of aliphatic hydroxyl groups is 1. The van der Waals surface area contributed by atoms with E-state index in [1.807, 2.05) is 24.3 Å². The molecule has 6 rings (SSSR count).